The molecule has 1 atom stereocenters. The second-order valence-corrected chi connectivity index (χ2v) is 12.0. The summed E-state index contributed by atoms with van der Waals surface area (Å²) in [6, 6.07) is 12.4. The third-order valence-electron chi connectivity index (χ3n) is 6.74. The minimum absolute atomic E-state index is 0.0669. The lowest BCUT2D eigenvalue weighted by Gasteiger charge is -2.36. The van der Waals surface area contributed by atoms with Crippen LogP contribution in [0.15, 0.2) is 60.8 Å². The fourth-order valence-electron chi connectivity index (χ4n) is 4.41. The largest absolute Gasteiger partial charge is 0.480 e. The van der Waals surface area contributed by atoms with Gasteiger partial charge in [-0.3, -0.25) is 14.6 Å². The quantitative estimate of drug-likeness (QED) is 0.317. The number of nitrogens with one attached hydrogen (secondary N) is 2. The van der Waals surface area contributed by atoms with E-state index in [1.54, 1.807) is 19.9 Å². The van der Waals surface area contributed by atoms with Crippen molar-refractivity contribution in [1.29, 1.82) is 0 Å². The van der Waals surface area contributed by atoms with Crippen LogP contribution in [0.3, 0.4) is 0 Å². The van der Waals surface area contributed by atoms with Crippen molar-refractivity contribution >= 4 is 27.8 Å². The molecule has 0 bridgehead atoms. The van der Waals surface area contributed by atoms with E-state index in [-0.39, 0.29) is 30.9 Å². The van der Waals surface area contributed by atoms with E-state index in [0.29, 0.717) is 18.7 Å². The number of piperazine rings is 1. The molecule has 2 heterocycles. The molecule has 10 nitrogen and oxygen atoms in total. The first-order valence-electron chi connectivity index (χ1n) is 13.5. The summed E-state index contributed by atoms with van der Waals surface area (Å²) in [6.07, 6.45) is 1.45. The Morgan fingerprint density at radius 1 is 0.953 bits per heavy atom. The van der Waals surface area contributed by atoms with Crippen LogP contribution in [0.25, 0.3) is 0 Å². The number of carboxylic acid groups (broad SMARTS) is 1. The molecule has 4 rings (SSSR count). The van der Waals surface area contributed by atoms with Crippen LogP contribution in [0.4, 0.5) is 14.5 Å². The first-order valence-corrected chi connectivity index (χ1v) is 14.9. The molecule has 0 radical (unpaired) electrons. The van der Waals surface area contributed by atoms with E-state index in [9.17, 15) is 31.9 Å². The Kier molecular flexibility index (Phi) is 10.1. The number of carbonyl (C=O) groups excluding carboxylic acids is 1. The SMILES string of the molecule is CC(C)[C@@H](NS(=O)(=O)N1CCN(c2ccc(C#Cc3ccnc(C(=O)NCc4cc(F)cc(F)c4)c3)cc2)CC1)C(=O)O. The first-order chi connectivity index (χ1) is 20.4. The fourth-order valence-corrected chi connectivity index (χ4v) is 5.90. The monoisotopic (exact) mass is 611 g/mol. The number of anilines is 1. The van der Waals surface area contributed by atoms with Crippen LogP contribution in [0.5, 0.6) is 0 Å². The lowest BCUT2D eigenvalue weighted by Crippen LogP contribution is -2.55. The van der Waals surface area contributed by atoms with Crippen molar-refractivity contribution in [1.82, 2.24) is 19.3 Å². The van der Waals surface area contributed by atoms with Gasteiger partial charge >= 0.3 is 5.97 Å². The van der Waals surface area contributed by atoms with Gasteiger partial charge in [0.2, 0.25) is 0 Å². The summed E-state index contributed by atoms with van der Waals surface area (Å²) < 4.78 is 55.7. The molecular formula is C30H31F2N5O5S. The molecule has 226 valence electrons. The number of carboxylic acids is 1. The molecule has 1 amide bonds. The van der Waals surface area contributed by atoms with Gasteiger partial charge in [0.1, 0.15) is 23.4 Å². The molecule has 1 fully saturated rings. The Bertz CT molecular complexity index is 1630. The molecule has 1 aliphatic heterocycles. The molecule has 1 aromatic heterocycles. The molecule has 0 saturated carbocycles. The molecular weight excluding hydrogens is 580 g/mol. The number of hydrogen-bond acceptors (Lipinski definition) is 6. The Balaban J connectivity index is 1.33. The maximum Gasteiger partial charge on any atom is 0.322 e. The van der Waals surface area contributed by atoms with E-state index in [0.717, 1.165) is 29.4 Å². The number of halogens is 2. The molecule has 0 spiro atoms. The van der Waals surface area contributed by atoms with Crippen LogP contribution >= 0.6 is 0 Å². The van der Waals surface area contributed by atoms with Crippen LogP contribution in [-0.4, -0.2) is 66.9 Å². The minimum Gasteiger partial charge on any atom is -0.480 e. The molecule has 13 heteroatoms. The minimum atomic E-state index is -3.95. The van der Waals surface area contributed by atoms with Gasteiger partial charge in [-0.2, -0.15) is 17.4 Å². The van der Waals surface area contributed by atoms with Crippen molar-refractivity contribution in [2.75, 3.05) is 31.1 Å². The zero-order valence-corrected chi connectivity index (χ0v) is 24.4. The maximum atomic E-state index is 13.4. The number of aliphatic carboxylic acids is 1. The van der Waals surface area contributed by atoms with E-state index in [2.05, 4.69) is 26.9 Å². The first kappa shape index (κ1) is 31.6. The van der Waals surface area contributed by atoms with Crippen molar-refractivity contribution in [2.45, 2.75) is 26.4 Å². The fraction of sp³-hybridized carbons (Fsp3) is 0.300. The summed E-state index contributed by atoms with van der Waals surface area (Å²) in [5, 5.41) is 11.9. The standard InChI is InChI=1S/C30H31F2N5O5S/c1-20(2)28(30(39)40)35-43(41,42)37-13-11-36(12-14-37)26-7-5-21(6-8-26)3-4-22-9-10-33-27(17-22)29(38)34-19-23-15-24(31)18-25(32)16-23/h5-10,15-18,20,28,35H,11-14,19H2,1-2H3,(H,34,38)(H,39,40)/t28-/m1/s1. The van der Waals surface area contributed by atoms with E-state index in [1.165, 1.54) is 16.6 Å². The molecule has 0 aliphatic carbocycles. The van der Waals surface area contributed by atoms with Crippen molar-refractivity contribution in [3.8, 4) is 11.8 Å². The van der Waals surface area contributed by atoms with Gasteiger partial charge in [-0.25, -0.2) is 8.78 Å². The highest BCUT2D eigenvalue weighted by molar-refractivity contribution is 7.87. The van der Waals surface area contributed by atoms with Gasteiger partial charge in [0.05, 0.1) is 0 Å². The molecule has 3 aromatic rings. The number of hydrogen-bond donors (Lipinski definition) is 3. The summed E-state index contributed by atoms with van der Waals surface area (Å²) in [7, 11) is -3.95. The molecule has 43 heavy (non-hydrogen) atoms. The predicted octanol–water partition coefficient (Wildman–Crippen LogP) is 2.76. The lowest BCUT2D eigenvalue weighted by molar-refractivity contribution is -0.140. The molecule has 1 saturated heterocycles. The third-order valence-corrected chi connectivity index (χ3v) is 8.34. The maximum absolute atomic E-state index is 13.4. The average molecular weight is 612 g/mol. The third kappa shape index (κ3) is 8.57. The van der Waals surface area contributed by atoms with Gasteiger partial charge in [0.25, 0.3) is 16.1 Å². The lowest BCUT2D eigenvalue weighted by atomic mass is 10.1. The topological polar surface area (TPSA) is 132 Å². The molecule has 2 aromatic carbocycles. The number of benzene rings is 2. The number of carbonyl (C=O) groups is 2. The van der Waals surface area contributed by atoms with Crippen LogP contribution < -0.4 is 14.9 Å². The van der Waals surface area contributed by atoms with Gasteiger partial charge < -0.3 is 15.3 Å². The Labute approximate surface area is 248 Å². The van der Waals surface area contributed by atoms with E-state index < -0.39 is 45.7 Å². The number of aromatic nitrogens is 1. The van der Waals surface area contributed by atoms with Crippen molar-refractivity contribution in [3.05, 3.63) is 94.8 Å². The normalized spacial score (nSPS) is 14.6. The summed E-state index contributed by atoms with van der Waals surface area (Å²) in [4.78, 5) is 30.0. The second kappa shape index (κ2) is 13.7. The van der Waals surface area contributed by atoms with Crippen molar-refractivity contribution < 1.29 is 31.9 Å². The van der Waals surface area contributed by atoms with E-state index in [1.807, 2.05) is 29.2 Å². The van der Waals surface area contributed by atoms with Gasteiger partial charge in [-0.15, -0.1) is 0 Å². The van der Waals surface area contributed by atoms with Crippen LogP contribution in [0.2, 0.25) is 0 Å². The number of rotatable bonds is 9. The van der Waals surface area contributed by atoms with Crippen LogP contribution in [0, 0.1) is 29.4 Å². The van der Waals surface area contributed by atoms with Gasteiger partial charge in [-0.1, -0.05) is 25.7 Å². The average Bonchev–Trinajstić information content (AvgIpc) is 2.97. The highest BCUT2D eigenvalue weighted by Crippen LogP contribution is 2.19. The molecule has 0 unspecified atom stereocenters. The summed E-state index contributed by atoms with van der Waals surface area (Å²) in [6.45, 7) is 4.50. The van der Waals surface area contributed by atoms with Gasteiger partial charge in [-0.05, 0) is 60.0 Å². The van der Waals surface area contributed by atoms with Crippen LogP contribution in [0.1, 0.15) is 41.0 Å². The number of pyridine rings is 1. The predicted molar refractivity (Wildman–Crippen MR) is 156 cm³/mol. The van der Waals surface area contributed by atoms with E-state index >= 15 is 0 Å². The Morgan fingerprint density at radius 2 is 1.58 bits per heavy atom. The molecule has 3 N–H and O–H groups in total. The number of nitrogens with zero attached hydrogens (tertiary/aromatic N) is 3. The highest BCUT2D eigenvalue weighted by atomic mass is 32.2. The van der Waals surface area contributed by atoms with Crippen LogP contribution in [-0.2, 0) is 21.5 Å². The zero-order chi connectivity index (χ0) is 31.1. The zero-order valence-electron chi connectivity index (χ0n) is 23.5. The number of amides is 1. The van der Waals surface area contributed by atoms with E-state index in [4.69, 9.17) is 0 Å². The Morgan fingerprint density at radius 3 is 2.19 bits per heavy atom. The summed E-state index contributed by atoms with van der Waals surface area (Å²) in [5.41, 5.74) is 2.55. The van der Waals surface area contributed by atoms with Gasteiger partial charge in [0, 0.05) is 61.8 Å². The van der Waals surface area contributed by atoms with Gasteiger partial charge in [0.15, 0.2) is 0 Å². The summed E-state index contributed by atoms with van der Waals surface area (Å²) >= 11 is 0. The van der Waals surface area contributed by atoms with Crippen molar-refractivity contribution in [3.63, 3.8) is 0 Å². The Hall–Kier alpha value is -4.38. The van der Waals surface area contributed by atoms with Crippen molar-refractivity contribution in [2.24, 2.45) is 5.92 Å². The summed E-state index contributed by atoms with van der Waals surface area (Å²) in [5.74, 6) is 2.44. The smallest absolute Gasteiger partial charge is 0.322 e. The molecule has 1 aliphatic rings. The highest BCUT2D eigenvalue weighted by Gasteiger charge is 2.33. The second-order valence-electron chi connectivity index (χ2n) is 10.3.